The summed E-state index contributed by atoms with van der Waals surface area (Å²) in [5, 5.41) is 7.42. The van der Waals surface area contributed by atoms with E-state index in [0.717, 1.165) is 4.90 Å². The van der Waals surface area contributed by atoms with E-state index in [-0.39, 0.29) is 17.0 Å². The molecule has 3 rings (SSSR count). The van der Waals surface area contributed by atoms with E-state index in [9.17, 15) is 18.0 Å². The Hall–Kier alpha value is -2.91. The van der Waals surface area contributed by atoms with Crippen LogP contribution in [-0.4, -0.2) is 44.3 Å². The van der Waals surface area contributed by atoms with Crippen LogP contribution in [0.2, 0.25) is 0 Å². The number of carbonyl (C=O) groups is 2. The molecule has 0 radical (unpaired) electrons. The highest BCUT2D eigenvalue weighted by Crippen LogP contribution is 2.35. The molecule has 1 unspecified atom stereocenters. The van der Waals surface area contributed by atoms with Crippen LogP contribution in [-0.2, 0) is 25.8 Å². The third-order valence-corrected chi connectivity index (χ3v) is 6.46. The molecule has 0 saturated heterocycles. The van der Waals surface area contributed by atoms with E-state index in [0.29, 0.717) is 11.3 Å². The van der Waals surface area contributed by atoms with Crippen molar-refractivity contribution in [3.63, 3.8) is 0 Å². The number of methoxy groups -OCH3 is 1. The fraction of sp³-hybridized carbons (Fsp3) is 0.222. The van der Waals surface area contributed by atoms with Crippen molar-refractivity contribution in [1.29, 1.82) is 0 Å². The van der Waals surface area contributed by atoms with E-state index in [1.807, 2.05) is 0 Å². The van der Waals surface area contributed by atoms with Crippen LogP contribution in [0.25, 0.3) is 0 Å². The first-order chi connectivity index (χ1) is 12.9. The standard InChI is InChI=1S/C18H18N2O6S/c1-26-13-8-6-12(7-9-13)10-16-18(22)20(11-17(21)19-23)14-4-2-3-5-15(14)27(16,24)25/h2-9,16,23H,10-11H2,1H3,(H,19,21). The van der Waals surface area contributed by atoms with Crippen LogP contribution in [0.15, 0.2) is 53.4 Å². The van der Waals surface area contributed by atoms with E-state index in [1.54, 1.807) is 36.4 Å². The third-order valence-electron chi connectivity index (χ3n) is 4.39. The Kier molecular flexibility index (Phi) is 5.15. The minimum Gasteiger partial charge on any atom is -0.497 e. The van der Waals surface area contributed by atoms with Crippen LogP contribution in [0.3, 0.4) is 0 Å². The maximum atomic E-state index is 13.0. The lowest BCUT2D eigenvalue weighted by Crippen LogP contribution is -2.51. The summed E-state index contributed by atoms with van der Waals surface area (Å²) in [5.74, 6) is -0.920. The van der Waals surface area contributed by atoms with Crippen LogP contribution in [0.5, 0.6) is 5.75 Å². The molecule has 0 aromatic heterocycles. The molecule has 0 fully saturated rings. The highest BCUT2D eigenvalue weighted by molar-refractivity contribution is 7.93. The van der Waals surface area contributed by atoms with Crippen LogP contribution in [0.4, 0.5) is 5.69 Å². The topological polar surface area (TPSA) is 113 Å². The zero-order valence-electron chi connectivity index (χ0n) is 14.5. The van der Waals surface area contributed by atoms with E-state index in [4.69, 9.17) is 9.94 Å². The van der Waals surface area contributed by atoms with Crippen molar-refractivity contribution in [3.8, 4) is 5.75 Å². The van der Waals surface area contributed by atoms with Gasteiger partial charge in [-0.05, 0) is 36.2 Å². The van der Waals surface area contributed by atoms with Gasteiger partial charge in [-0.1, -0.05) is 24.3 Å². The average Bonchev–Trinajstić information content (AvgIpc) is 2.69. The number of ether oxygens (including phenoxy) is 1. The van der Waals surface area contributed by atoms with Crippen molar-refractivity contribution in [1.82, 2.24) is 5.48 Å². The Morgan fingerprint density at radius 3 is 2.48 bits per heavy atom. The van der Waals surface area contributed by atoms with Crippen LogP contribution < -0.4 is 15.1 Å². The number of hydrogen-bond acceptors (Lipinski definition) is 6. The summed E-state index contributed by atoms with van der Waals surface area (Å²) in [6.07, 6.45) is -0.0449. The van der Waals surface area contributed by atoms with Crippen molar-refractivity contribution in [2.75, 3.05) is 18.6 Å². The number of hydrogen-bond donors (Lipinski definition) is 2. The smallest absolute Gasteiger partial charge is 0.263 e. The molecular formula is C18H18N2O6S. The SMILES string of the molecule is COc1ccc(CC2C(=O)N(CC(=O)NO)c3ccccc3S2(=O)=O)cc1. The zero-order chi connectivity index (χ0) is 19.6. The lowest BCUT2D eigenvalue weighted by molar-refractivity contribution is -0.129. The quantitative estimate of drug-likeness (QED) is 0.580. The second-order valence-electron chi connectivity index (χ2n) is 6.01. The minimum absolute atomic E-state index is 0.0196. The molecule has 1 aliphatic heterocycles. The Bertz CT molecular complexity index is 972. The number of benzene rings is 2. The van der Waals surface area contributed by atoms with Crippen LogP contribution >= 0.6 is 0 Å². The maximum Gasteiger partial charge on any atom is 0.263 e. The lowest BCUT2D eigenvalue weighted by atomic mass is 10.1. The first-order valence-corrected chi connectivity index (χ1v) is 9.63. The largest absolute Gasteiger partial charge is 0.497 e. The molecule has 0 aliphatic carbocycles. The van der Waals surface area contributed by atoms with Gasteiger partial charge in [-0.25, -0.2) is 13.9 Å². The van der Waals surface area contributed by atoms with Gasteiger partial charge in [0, 0.05) is 0 Å². The normalized spacial score (nSPS) is 17.9. The molecule has 0 saturated carbocycles. The second kappa shape index (κ2) is 7.37. The number of para-hydroxylation sites is 1. The summed E-state index contributed by atoms with van der Waals surface area (Å²) in [4.78, 5) is 25.6. The molecule has 2 amide bonds. The highest BCUT2D eigenvalue weighted by atomic mass is 32.2. The first-order valence-electron chi connectivity index (χ1n) is 8.08. The number of sulfone groups is 1. The van der Waals surface area contributed by atoms with Gasteiger partial charge in [-0.3, -0.25) is 14.8 Å². The zero-order valence-corrected chi connectivity index (χ0v) is 15.3. The lowest BCUT2D eigenvalue weighted by Gasteiger charge is -2.33. The first kappa shape index (κ1) is 18.9. The molecule has 2 N–H and O–H groups in total. The molecule has 1 heterocycles. The van der Waals surface area contributed by atoms with E-state index >= 15 is 0 Å². The van der Waals surface area contributed by atoms with Gasteiger partial charge in [-0.15, -0.1) is 0 Å². The molecule has 9 heteroatoms. The number of fused-ring (bicyclic) bond motifs is 1. The molecule has 1 atom stereocenters. The summed E-state index contributed by atoms with van der Waals surface area (Å²) in [6, 6.07) is 12.7. The molecular weight excluding hydrogens is 372 g/mol. The van der Waals surface area contributed by atoms with E-state index < -0.39 is 33.4 Å². The Labute approximate surface area is 156 Å². The summed E-state index contributed by atoms with van der Waals surface area (Å²) in [6.45, 7) is -0.485. The van der Waals surface area contributed by atoms with Gasteiger partial charge >= 0.3 is 0 Å². The molecule has 2 aromatic carbocycles. The van der Waals surface area contributed by atoms with Gasteiger partial charge in [0.05, 0.1) is 17.7 Å². The number of hydroxylamine groups is 1. The van der Waals surface area contributed by atoms with Gasteiger partial charge in [0.15, 0.2) is 9.84 Å². The summed E-state index contributed by atoms with van der Waals surface area (Å²) < 4.78 is 31.1. The van der Waals surface area contributed by atoms with E-state index in [1.165, 1.54) is 24.7 Å². The Morgan fingerprint density at radius 1 is 1.19 bits per heavy atom. The number of carbonyl (C=O) groups excluding carboxylic acids is 2. The van der Waals surface area contributed by atoms with Crippen LogP contribution in [0, 0.1) is 0 Å². The van der Waals surface area contributed by atoms with Crippen molar-refractivity contribution >= 4 is 27.3 Å². The molecule has 0 bridgehead atoms. The number of nitrogens with one attached hydrogen (secondary N) is 1. The summed E-state index contributed by atoms with van der Waals surface area (Å²) >= 11 is 0. The predicted octanol–water partition coefficient (Wildman–Crippen LogP) is 0.932. The van der Waals surface area contributed by atoms with Gasteiger partial charge in [-0.2, -0.15) is 0 Å². The third kappa shape index (κ3) is 3.51. The summed E-state index contributed by atoms with van der Waals surface area (Å²) in [7, 11) is -2.42. The second-order valence-corrected chi connectivity index (χ2v) is 8.11. The van der Waals surface area contributed by atoms with Crippen molar-refractivity contribution in [2.45, 2.75) is 16.6 Å². The highest BCUT2D eigenvalue weighted by Gasteiger charge is 2.44. The number of nitrogens with zero attached hydrogens (tertiary/aromatic N) is 1. The monoisotopic (exact) mass is 390 g/mol. The average molecular weight is 390 g/mol. The van der Waals surface area contributed by atoms with Gasteiger partial charge in [0.1, 0.15) is 17.5 Å². The molecule has 1 aliphatic rings. The van der Waals surface area contributed by atoms with E-state index in [2.05, 4.69) is 0 Å². The van der Waals surface area contributed by atoms with Gasteiger partial charge in [0.2, 0.25) is 5.91 Å². The Morgan fingerprint density at radius 2 is 1.85 bits per heavy atom. The maximum absolute atomic E-state index is 13.0. The molecule has 27 heavy (non-hydrogen) atoms. The number of amides is 2. The fourth-order valence-corrected chi connectivity index (χ4v) is 4.86. The van der Waals surface area contributed by atoms with Crippen molar-refractivity contribution in [2.24, 2.45) is 0 Å². The number of rotatable bonds is 5. The fourth-order valence-electron chi connectivity index (χ4n) is 3.01. The van der Waals surface area contributed by atoms with Gasteiger partial charge in [0.25, 0.3) is 5.91 Å². The molecule has 2 aromatic rings. The molecule has 8 nitrogen and oxygen atoms in total. The molecule has 142 valence electrons. The predicted molar refractivity (Wildman–Crippen MR) is 96.4 cm³/mol. The number of anilines is 1. The minimum atomic E-state index is -3.94. The molecule has 0 spiro atoms. The Balaban J connectivity index is 2.02. The van der Waals surface area contributed by atoms with Crippen molar-refractivity contribution < 1.29 is 28.0 Å². The summed E-state index contributed by atoms with van der Waals surface area (Å²) in [5.41, 5.74) is 2.23. The van der Waals surface area contributed by atoms with Gasteiger partial charge < -0.3 is 9.64 Å². The van der Waals surface area contributed by atoms with Crippen LogP contribution in [0.1, 0.15) is 5.56 Å². The van der Waals surface area contributed by atoms with Crippen molar-refractivity contribution in [3.05, 3.63) is 54.1 Å².